The molecule has 2 nitrogen and oxygen atoms in total. The van der Waals surface area contributed by atoms with Gasteiger partial charge in [-0.1, -0.05) is 12.1 Å². The third kappa shape index (κ3) is 1.08. The molecule has 9 heavy (non-hydrogen) atoms. The summed E-state index contributed by atoms with van der Waals surface area (Å²) in [7, 11) is 0. The van der Waals surface area contributed by atoms with E-state index in [1.807, 2.05) is 0 Å². The molecule has 0 fully saturated rings. The molecule has 2 heteroatoms. The molecule has 0 aliphatic rings. The summed E-state index contributed by atoms with van der Waals surface area (Å²) in [6.07, 6.45) is 0.657. The van der Waals surface area contributed by atoms with E-state index in [9.17, 15) is 4.79 Å². The third-order valence-corrected chi connectivity index (χ3v) is 1.05. The molecule has 0 saturated carbocycles. The molecule has 0 aliphatic heterocycles. The lowest BCUT2D eigenvalue weighted by Gasteiger charge is -1.91. The first-order chi connectivity index (χ1) is 4.88. The van der Waals surface area contributed by atoms with Crippen LogP contribution in [0.2, 0.25) is 0 Å². The van der Waals surface area contributed by atoms with Gasteiger partial charge >= 0.3 is 0 Å². The molecule has 0 aromatic heterocycles. The summed E-state index contributed by atoms with van der Waals surface area (Å²) < 4.78 is 6.53. The van der Waals surface area contributed by atoms with Crippen LogP contribution in [0.3, 0.4) is 0 Å². The van der Waals surface area contributed by atoms with Crippen LogP contribution in [-0.2, 0) is 0 Å². The molecule has 0 spiro atoms. The van der Waals surface area contributed by atoms with Crippen molar-refractivity contribution in [2.24, 2.45) is 0 Å². The second kappa shape index (κ2) is 2.31. The van der Waals surface area contributed by atoms with E-state index >= 15 is 0 Å². The maximum atomic E-state index is 10.2. The number of aromatic hydroxyl groups is 1. The van der Waals surface area contributed by atoms with Crippen LogP contribution in [0.5, 0.6) is 5.75 Å². The predicted molar refractivity (Wildman–Crippen MR) is 33.5 cm³/mol. The summed E-state index contributed by atoms with van der Waals surface area (Å²) in [6, 6.07) is 6.58. The Morgan fingerprint density at radius 2 is 2.33 bits per heavy atom. The van der Waals surface area contributed by atoms with Crippen molar-refractivity contribution in [3.63, 3.8) is 0 Å². The molecule has 1 aromatic carbocycles. The van der Waals surface area contributed by atoms with Crippen LogP contribution in [0.4, 0.5) is 0 Å². The van der Waals surface area contributed by atoms with E-state index in [1.54, 1.807) is 24.3 Å². The highest BCUT2D eigenvalue weighted by Crippen LogP contribution is 2.11. The van der Waals surface area contributed by atoms with Crippen LogP contribution < -0.4 is 0 Å². The Morgan fingerprint density at radius 1 is 1.56 bits per heavy atom. The lowest BCUT2D eigenvalue weighted by atomic mass is 10.2. The van der Waals surface area contributed by atoms with E-state index in [2.05, 4.69) is 5.11 Å². The summed E-state index contributed by atoms with van der Waals surface area (Å²) >= 11 is 0. The van der Waals surface area contributed by atoms with E-state index in [1.165, 1.54) is 0 Å². The maximum Gasteiger partial charge on any atom is 0.293 e. The zero-order valence-electron chi connectivity index (χ0n) is 5.70. The van der Waals surface area contributed by atoms with Gasteiger partial charge in [-0.2, -0.15) is 0 Å². The van der Waals surface area contributed by atoms with Gasteiger partial charge in [0, 0.05) is 0 Å². The lowest BCUT2D eigenvalue weighted by Crippen LogP contribution is -1.77. The van der Waals surface area contributed by atoms with Crippen LogP contribution in [0.25, 0.3) is 0 Å². The number of aldehydes is 1. The molecule has 0 atom stereocenters. The van der Waals surface area contributed by atoms with E-state index in [0.29, 0.717) is 11.8 Å². The average molecular weight is 123 g/mol. The Bertz CT molecular complexity index is 235. The van der Waals surface area contributed by atoms with Crippen molar-refractivity contribution >= 4 is 6.29 Å². The normalized spacial score (nSPS) is 10.0. The highest BCUT2D eigenvalue weighted by Gasteiger charge is 1.93. The summed E-state index contributed by atoms with van der Waals surface area (Å²) in [5.74, 6) is 0.289. The molecule has 1 rings (SSSR count). The lowest BCUT2D eigenvalue weighted by molar-refractivity contribution is 0.112. The Balaban J connectivity index is 3.08. The fourth-order valence-electron chi connectivity index (χ4n) is 0.578. The molecule has 0 radical (unpaired) electrons. The fraction of sp³-hybridized carbons (Fsp3) is 0. The van der Waals surface area contributed by atoms with Gasteiger partial charge in [-0.25, -0.2) is 0 Å². The smallest absolute Gasteiger partial charge is 0.293 e. The van der Waals surface area contributed by atoms with Gasteiger partial charge in [0.15, 0.2) is 6.29 Å². The Hall–Kier alpha value is -1.31. The van der Waals surface area contributed by atoms with Crippen molar-refractivity contribution in [3.05, 3.63) is 29.8 Å². The van der Waals surface area contributed by atoms with E-state index in [4.69, 9.17) is 1.43 Å². The second-order valence-corrected chi connectivity index (χ2v) is 1.66. The van der Waals surface area contributed by atoms with Gasteiger partial charge in [0.25, 0.3) is 1.43 Å². The van der Waals surface area contributed by atoms with Crippen LogP contribution in [0.1, 0.15) is 10.4 Å². The van der Waals surface area contributed by atoms with Gasteiger partial charge in [-0.05, 0) is 12.1 Å². The Kier molecular flexibility index (Phi) is 1.17. The molecule has 0 unspecified atom stereocenters. The number of carbonyl (C=O) groups is 1. The first-order valence-electron chi connectivity index (χ1n) is 2.96. The van der Waals surface area contributed by atoms with Gasteiger partial charge in [0.1, 0.15) is 5.75 Å². The van der Waals surface area contributed by atoms with Gasteiger partial charge in [0.2, 0.25) is 0 Å². The molecule has 0 amide bonds. The van der Waals surface area contributed by atoms with Crippen molar-refractivity contribution in [2.75, 3.05) is 0 Å². The molecule has 0 aliphatic carbocycles. The molecule has 0 bridgehead atoms. The molecule has 46 valence electrons. The second-order valence-electron chi connectivity index (χ2n) is 1.66. The highest BCUT2D eigenvalue weighted by atomic mass is 16.3. The molecular formula is C7H6O2. The summed E-state index contributed by atoms with van der Waals surface area (Å²) in [5.41, 5.74) is 0.400. The maximum absolute atomic E-state index is 10.2. The summed E-state index contributed by atoms with van der Waals surface area (Å²) in [5, 5.41) is 4.15. The number of rotatable bonds is 2. The zero-order valence-corrected chi connectivity index (χ0v) is 4.70. The number of phenolic OH excluding ortho intramolecular Hbond substituents is 1. The van der Waals surface area contributed by atoms with Crippen LogP contribution in [-0.4, -0.2) is 12.8 Å². The first-order valence-corrected chi connectivity index (χ1v) is 2.56. The van der Waals surface area contributed by atoms with E-state index < -0.39 is 0 Å². The quantitative estimate of drug-likeness (QED) is 0.600. The largest absolute Gasteiger partial charge is 0.507 e. The Morgan fingerprint density at radius 3 is 2.89 bits per heavy atom. The number of hydrogen-bond acceptors (Lipinski definition) is 2. The minimum atomic E-state index is 0.289. The summed E-state index contributed by atoms with van der Waals surface area (Å²) in [6.45, 7) is 0. The predicted octanol–water partition coefficient (Wildman–Crippen LogP) is 1.20. The molecule has 1 aromatic rings. The minimum absolute atomic E-state index is 0.289. The zero-order chi connectivity index (χ0) is 7.40. The molecule has 1 N–H and O–H groups in total. The van der Waals surface area contributed by atoms with Crippen molar-refractivity contribution in [1.82, 2.24) is 0 Å². The molecular weight excluding hydrogens is 116 g/mol. The van der Waals surface area contributed by atoms with Crippen molar-refractivity contribution < 1.29 is 9.90 Å². The third-order valence-electron chi connectivity index (χ3n) is 1.05. The Labute approximate surface area is 54.2 Å². The average Bonchev–Trinajstić information content (AvgIpc) is 2.04. The van der Waals surface area contributed by atoms with Crippen molar-refractivity contribution in [2.45, 2.75) is 0 Å². The number of hydrogen-bond donors (Lipinski definition) is 1. The van der Waals surface area contributed by atoms with E-state index in [-0.39, 0.29) is 5.75 Å². The number of phenols is 1. The van der Waals surface area contributed by atoms with Gasteiger partial charge in [-0.3, -0.25) is 4.79 Å². The molecule has 0 saturated heterocycles. The topological polar surface area (TPSA) is 37.3 Å². The highest BCUT2D eigenvalue weighted by molar-refractivity contribution is 5.78. The monoisotopic (exact) mass is 123 g/mol. The number of para-hydroxylation sites is 1. The van der Waals surface area contributed by atoms with Crippen molar-refractivity contribution in [1.29, 1.82) is 1.43 Å². The minimum Gasteiger partial charge on any atom is -0.507 e. The van der Waals surface area contributed by atoms with Gasteiger partial charge in [-0.15, -0.1) is 0 Å². The van der Waals surface area contributed by atoms with Crippen LogP contribution >= 0.6 is 0 Å². The van der Waals surface area contributed by atoms with Crippen molar-refractivity contribution in [3.8, 4) is 5.75 Å². The van der Waals surface area contributed by atoms with Gasteiger partial charge < -0.3 is 5.11 Å². The van der Waals surface area contributed by atoms with Crippen LogP contribution in [0.15, 0.2) is 24.3 Å². The fourth-order valence-corrected chi connectivity index (χ4v) is 0.578. The number of carbonyl (C=O) groups excluding carboxylic acids is 1. The SMILES string of the molecule is [2H]Oc1ccccc1C=O. The molecule has 0 heterocycles. The first kappa shape index (κ1) is 4.56. The van der Waals surface area contributed by atoms with Gasteiger partial charge in [0.05, 0.1) is 5.56 Å². The van der Waals surface area contributed by atoms with E-state index in [0.717, 1.165) is 0 Å². The summed E-state index contributed by atoms with van der Waals surface area (Å²) in [4.78, 5) is 10.2. The van der Waals surface area contributed by atoms with Crippen LogP contribution in [0, 0.1) is 0 Å². The number of benzene rings is 1. The standard InChI is InChI=1S/C7H6O2/c8-5-6-3-1-2-4-7(6)9/h1-5,9H/i/hD.